The van der Waals surface area contributed by atoms with Crippen molar-refractivity contribution in [1.82, 2.24) is 0 Å². The molecule has 0 N–H and O–H groups in total. The summed E-state index contributed by atoms with van der Waals surface area (Å²) in [5, 5.41) is 0. The molecule has 1 aromatic rings. The van der Waals surface area contributed by atoms with Crippen molar-refractivity contribution in [2.24, 2.45) is 0 Å². The van der Waals surface area contributed by atoms with Crippen molar-refractivity contribution < 1.29 is 0 Å². The lowest BCUT2D eigenvalue weighted by Crippen LogP contribution is -1.84. The first-order chi connectivity index (χ1) is 7.17. The smallest absolute Gasteiger partial charge is 0.0182 e. The molecule has 0 saturated heterocycles. The Kier molecular flexibility index (Phi) is 6.44. The van der Waals surface area contributed by atoms with E-state index in [2.05, 4.69) is 44.7 Å². The second-order valence-corrected chi connectivity index (χ2v) is 3.32. The summed E-state index contributed by atoms with van der Waals surface area (Å²) in [7, 11) is 0. The van der Waals surface area contributed by atoms with Gasteiger partial charge in [-0.25, -0.2) is 0 Å². The van der Waals surface area contributed by atoms with E-state index in [1.54, 1.807) is 0 Å². The molecular weight excluding hydrogens is 180 g/mol. The second-order valence-electron chi connectivity index (χ2n) is 3.32. The average Bonchev–Trinajstić information content (AvgIpc) is 2.21. The molecule has 1 aromatic carbocycles. The Balaban J connectivity index is 0.000000921. The van der Waals surface area contributed by atoms with Gasteiger partial charge < -0.3 is 0 Å². The summed E-state index contributed by atoms with van der Waals surface area (Å²) in [6.45, 7) is 14.1. The van der Waals surface area contributed by atoms with Gasteiger partial charge in [-0.05, 0) is 31.9 Å². The molecule has 0 atom stereocenters. The number of hydrogen-bond donors (Lipinski definition) is 0. The van der Waals surface area contributed by atoms with Gasteiger partial charge in [0.2, 0.25) is 0 Å². The van der Waals surface area contributed by atoms with Gasteiger partial charge in [0.05, 0.1) is 0 Å². The third kappa shape index (κ3) is 4.16. The Hall–Kier alpha value is -1.30. The molecule has 0 unspecified atom stereocenters. The number of rotatable bonds is 2. The largest absolute Gasteiger partial charge is 0.0985 e. The minimum atomic E-state index is 1.20. The highest BCUT2D eigenvalue weighted by Crippen LogP contribution is 2.18. The van der Waals surface area contributed by atoms with Gasteiger partial charge >= 0.3 is 0 Å². The van der Waals surface area contributed by atoms with Crippen molar-refractivity contribution in [3.8, 4) is 0 Å². The number of hydrogen-bond acceptors (Lipinski definition) is 0. The van der Waals surface area contributed by atoms with E-state index in [4.69, 9.17) is 0 Å². The molecule has 0 nitrogen and oxygen atoms in total. The van der Waals surface area contributed by atoms with Crippen LogP contribution in [0.4, 0.5) is 0 Å². The number of benzene rings is 1. The van der Waals surface area contributed by atoms with Crippen LogP contribution < -0.4 is 0 Å². The highest BCUT2D eigenvalue weighted by Gasteiger charge is 1.97. The lowest BCUT2D eigenvalue weighted by Gasteiger charge is -2.04. The minimum absolute atomic E-state index is 1.20. The summed E-state index contributed by atoms with van der Waals surface area (Å²) in [4.78, 5) is 0. The maximum Gasteiger partial charge on any atom is -0.0182 e. The lowest BCUT2D eigenvalue weighted by molar-refractivity contribution is 1.37. The van der Waals surface area contributed by atoms with Gasteiger partial charge in [-0.1, -0.05) is 61.9 Å². The predicted octanol–water partition coefficient (Wildman–Crippen LogP) is 4.92. The molecule has 15 heavy (non-hydrogen) atoms. The first-order valence-electron chi connectivity index (χ1n) is 5.54. The van der Waals surface area contributed by atoms with Crippen LogP contribution in [0.25, 0.3) is 5.57 Å². The molecule has 0 aromatic heterocycles. The molecule has 0 aliphatic heterocycles. The van der Waals surface area contributed by atoms with Crippen molar-refractivity contribution in [3.05, 3.63) is 53.6 Å². The molecule has 82 valence electrons. The summed E-state index contributed by atoms with van der Waals surface area (Å²) >= 11 is 0. The fourth-order valence-corrected chi connectivity index (χ4v) is 1.54. The van der Waals surface area contributed by atoms with Crippen LogP contribution in [0.3, 0.4) is 0 Å². The monoisotopic (exact) mass is 202 g/mol. The van der Waals surface area contributed by atoms with Gasteiger partial charge in [-0.2, -0.15) is 0 Å². The zero-order valence-electron chi connectivity index (χ0n) is 10.6. The maximum atomic E-state index is 3.80. The van der Waals surface area contributed by atoms with Crippen LogP contribution in [-0.2, 0) is 0 Å². The zero-order chi connectivity index (χ0) is 11.8. The van der Waals surface area contributed by atoms with E-state index in [1.807, 2.05) is 26.8 Å². The molecule has 0 bridgehead atoms. The minimum Gasteiger partial charge on any atom is -0.0985 e. The van der Waals surface area contributed by atoms with Gasteiger partial charge in [-0.3, -0.25) is 0 Å². The molecule has 0 heterocycles. The molecule has 0 aliphatic carbocycles. The highest BCUT2D eigenvalue weighted by atomic mass is 14.0. The van der Waals surface area contributed by atoms with Crippen LogP contribution in [0.2, 0.25) is 0 Å². The summed E-state index contributed by atoms with van der Waals surface area (Å²) in [6, 6.07) is 6.55. The first kappa shape index (κ1) is 13.7. The van der Waals surface area contributed by atoms with Crippen molar-refractivity contribution >= 4 is 5.57 Å². The van der Waals surface area contributed by atoms with Crippen molar-refractivity contribution in [2.75, 3.05) is 0 Å². The standard InChI is InChI=1S/C13H16.C2H6/c1-5-12(6-2)13-8-10(3)7-11(4)9-13;1-2/h5-9H,1H2,2-4H3;1-2H3/b12-6+;. The molecule has 0 fully saturated rings. The Labute approximate surface area is 94.3 Å². The van der Waals surface area contributed by atoms with Crippen molar-refractivity contribution in [3.63, 3.8) is 0 Å². The Morgan fingerprint density at radius 1 is 1.07 bits per heavy atom. The zero-order valence-corrected chi connectivity index (χ0v) is 10.6. The maximum absolute atomic E-state index is 3.80. The highest BCUT2D eigenvalue weighted by molar-refractivity contribution is 5.73. The van der Waals surface area contributed by atoms with E-state index in [9.17, 15) is 0 Å². The van der Waals surface area contributed by atoms with Gasteiger partial charge in [0.15, 0.2) is 0 Å². The first-order valence-corrected chi connectivity index (χ1v) is 5.54. The van der Waals surface area contributed by atoms with E-state index >= 15 is 0 Å². The molecule has 0 aliphatic rings. The average molecular weight is 202 g/mol. The van der Waals surface area contributed by atoms with Crippen LogP contribution in [0.5, 0.6) is 0 Å². The second kappa shape index (κ2) is 7.05. The molecule has 0 amide bonds. The molecule has 0 radical (unpaired) electrons. The van der Waals surface area contributed by atoms with E-state index in [-0.39, 0.29) is 0 Å². The van der Waals surface area contributed by atoms with Crippen LogP contribution >= 0.6 is 0 Å². The summed E-state index contributed by atoms with van der Waals surface area (Å²) in [5.74, 6) is 0. The Morgan fingerprint density at radius 2 is 1.53 bits per heavy atom. The molecule has 0 saturated carbocycles. The SMILES string of the molecule is C=C/C(=C\C)c1cc(C)cc(C)c1.CC. The Bertz CT molecular complexity index is 323. The molecule has 0 spiro atoms. The van der Waals surface area contributed by atoms with Gasteiger partial charge in [0.25, 0.3) is 0 Å². The van der Waals surface area contributed by atoms with Crippen LogP contribution in [0.1, 0.15) is 37.5 Å². The van der Waals surface area contributed by atoms with Gasteiger partial charge in [0, 0.05) is 0 Å². The normalized spacial score (nSPS) is 10.3. The van der Waals surface area contributed by atoms with Crippen molar-refractivity contribution in [1.29, 1.82) is 0 Å². The summed E-state index contributed by atoms with van der Waals surface area (Å²) in [5.41, 5.74) is 5.06. The van der Waals surface area contributed by atoms with E-state index < -0.39 is 0 Å². The third-order valence-corrected chi connectivity index (χ3v) is 2.09. The van der Waals surface area contributed by atoms with Crippen LogP contribution in [0, 0.1) is 13.8 Å². The van der Waals surface area contributed by atoms with Crippen molar-refractivity contribution in [2.45, 2.75) is 34.6 Å². The third-order valence-electron chi connectivity index (χ3n) is 2.09. The van der Waals surface area contributed by atoms with E-state index in [0.717, 1.165) is 0 Å². The van der Waals surface area contributed by atoms with Gasteiger partial charge in [-0.15, -0.1) is 0 Å². The summed E-state index contributed by atoms with van der Waals surface area (Å²) < 4.78 is 0. The topological polar surface area (TPSA) is 0 Å². The number of allylic oxidation sites excluding steroid dienone is 3. The fourth-order valence-electron chi connectivity index (χ4n) is 1.54. The lowest BCUT2D eigenvalue weighted by atomic mass is 10.0. The van der Waals surface area contributed by atoms with E-state index in [0.29, 0.717) is 0 Å². The molecular formula is C15H22. The van der Waals surface area contributed by atoms with Gasteiger partial charge in [0.1, 0.15) is 0 Å². The predicted molar refractivity (Wildman–Crippen MR) is 71.1 cm³/mol. The molecule has 1 rings (SSSR count). The van der Waals surface area contributed by atoms with Crippen LogP contribution in [-0.4, -0.2) is 0 Å². The number of aryl methyl sites for hydroxylation is 2. The summed E-state index contributed by atoms with van der Waals surface area (Å²) in [6.07, 6.45) is 3.98. The quantitative estimate of drug-likeness (QED) is 0.597. The van der Waals surface area contributed by atoms with E-state index in [1.165, 1.54) is 22.3 Å². The molecule has 0 heteroatoms. The van der Waals surface area contributed by atoms with Crippen LogP contribution in [0.15, 0.2) is 36.9 Å². The fraction of sp³-hybridized carbons (Fsp3) is 0.333. The Morgan fingerprint density at radius 3 is 1.87 bits per heavy atom.